The van der Waals surface area contributed by atoms with Gasteiger partial charge in [0.2, 0.25) is 0 Å². The Morgan fingerprint density at radius 3 is 2.24 bits per heavy atom. The molecule has 0 heterocycles. The summed E-state index contributed by atoms with van der Waals surface area (Å²) in [5, 5.41) is 9.09. The summed E-state index contributed by atoms with van der Waals surface area (Å²) in [5.41, 5.74) is 6.42. The monoisotopic (exact) mass is 496 g/mol. The van der Waals surface area contributed by atoms with Crippen molar-refractivity contribution in [1.82, 2.24) is 0 Å². The molecule has 2 unspecified atom stereocenters. The SMILES string of the molecule is C=CCCCCCc1ccc(C=NN=C(c2ccccc2)c2ccc(C(CCC)CC(C)F)cc2)cc1. The lowest BCUT2D eigenvalue weighted by atomic mass is 9.89. The van der Waals surface area contributed by atoms with Gasteiger partial charge < -0.3 is 0 Å². The summed E-state index contributed by atoms with van der Waals surface area (Å²) in [6.45, 7) is 7.59. The molecule has 0 aliphatic heterocycles. The zero-order valence-corrected chi connectivity index (χ0v) is 22.5. The third-order valence-corrected chi connectivity index (χ3v) is 6.67. The summed E-state index contributed by atoms with van der Waals surface area (Å²) >= 11 is 0. The molecule has 0 saturated heterocycles. The van der Waals surface area contributed by atoms with Gasteiger partial charge in [0.1, 0.15) is 5.71 Å². The number of rotatable bonds is 15. The lowest BCUT2D eigenvalue weighted by Gasteiger charge is -2.18. The fourth-order valence-electron chi connectivity index (χ4n) is 4.67. The van der Waals surface area contributed by atoms with E-state index < -0.39 is 6.17 Å². The standard InChI is InChI=1S/C34H41FN2/c1-4-6-7-8-10-14-28-17-19-29(20-18-28)26-36-37-34(31-15-11-9-12-16-31)32-23-21-30(22-24-32)33(13-5-2)25-27(3)35/h4,9,11-12,15-24,26-27,33H,1,5-8,10,13-14,25H2,2-3H3. The first-order valence-electron chi connectivity index (χ1n) is 13.7. The van der Waals surface area contributed by atoms with Crippen molar-refractivity contribution in [2.24, 2.45) is 10.2 Å². The fourth-order valence-corrected chi connectivity index (χ4v) is 4.67. The van der Waals surface area contributed by atoms with Crippen molar-refractivity contribution in [2.75, 3.05) is 0 Å². The summed E-state index contributed by atoms with van der Waals surface area (Å²) in [5.74, 6) is 0.240. The van der Waals surface area contributed by atoms with Crippen LogP contribution in [0, 0.1) is 0 Å². The van der Waals surface area contributed by atoms with E-state index in [1.165, 1.54) is 30.4 Å². The van der Waals surface area contributed by atoms with E-state index >= 15 is 0 Å². The van der Waals surface area contributed by atoms with Crippen LogP contribution < -0.4 is 0 Å². The lowest BCUT2D eigenvalue weighted by molar-refractivity contribution is 0.312. The Labute approximate surface area is 223 Å². The van der Waals surface area contributed by atoms with Gasteiger partial charge in [-0.1, -0.05) is 105 Å². The number of halogens is 1. The number of hydrogen-bond donors (Lipinski definition) is 0. The number of unbranched alkanes of at least 4 members (excludes halogenated alkanes) is 3. The van der Waals surface area contributed by atoms with Crippen molar-refractivity contribution >= 4 is 11.9 Å². The van der Waals surface area contributed by atoms with Crippen LogP contribution in [0.1, 0.15) is 92.5 Å². The molecule has 0 N–H and O–H groups in total. The van der Waals surface area contributed by atoms with Gasteiger partial charge in [0, 0.05) is 11.1 Å². The van der Waals surface area contributed by atoms with Crippen LogP contribution in [0.2, 0.25) is 0 Å². The van der Waals surface area contributed by atoms with Crippen molar-refractivity contribution in [3.05, 3.63) is 119 Å². The molecule has 194 valence electrons. The average molecular weight is 497 g/mol. The Bertz CT molecular complexity index is 1110. The molecule has 2 nitrogen and oxygen atoms in total. The summed E-state index contributed by atoms with van der Waals surface area (Å²) in [6, 6.07) is 27.1. The average Bonchev–Trinajstić information content (AvgIpc) is 2.92. The molecule has 3 heteroatoms. The second kappa shape index (κ2) is 15.7. The van der Waals surface area contributed by atoms with E-state index in [9.17, 15) is 4.39 Å². The topological polar surface area (TPSA) is 24.7 Å². The van der Waals surface area contributed by atoms with E-state index in [1.807, 2.05) is 30.5 Å². The summed E-state index contributed by atoms with van der Waals surface area (Å²) in [4.78, 5) is 0. The van der Waals surface area contributed by atoms with E-state index in [0.29, 0.717) is 6.42 Å². The minimum atomic E-state index is -0.802. The largest absolute Gasteiger partial charge is 0.248 e. The molecule has 0 radical (unpaired) electrons. The van der Waals surface area contributed by atoms with Gasteiger partial charge in [-0.05, 0) is 68.1 Å². The molecule has 3 aromatic rings. The molecule has 0 aromatic heterocycles. The van der Waals surface area contributed by atoms with Crippen LogP contribution in [0.15, 0.2) is 102 Å². The minimum Gasteiger partial charge on any atom is -0.248 e. The third kappa shape index (κ3) is 9.57. The van der Waals surface area contributed by atoms with E-state index in [4.69, 9.17) is 0 Å². The number of hydrogen-bond acceptors (Lipinski definition) is 2. The van der Waals surface area contributed by atoms with E-state index in [1.54, 1.807) is 6.92 Å². The molecule has 0 saturated carbocycles. The number of nitrogens with zero attached hydrogens (tertiary/aromatic N) is 2. The molecule has 3 aromatic carbocycles. The van der Waals surface area contributed by atoms with E-state index in [0.717, 1.165) is 48.1 Å². The molecule has 0 fully saturated rings. The number of benzene rings is 3. The van der Waals surface area contributed by atoms with Gasteiger partial charge in [-0.3, -0.25) is 0 Å². The van der Waals surface area contributed by atoms with Crippen LogP contribution in [0.25, 0.3) is 0 Å². The summed E-state index contributed by atoms with van der Waals surface area (Å²) in [7, 11) is 0. The Morgan fingerprint density at radius 1 is 0.892 bits per heavy atom. The molecule has 0 amide bonds. The van der Waals surface area contributed by atoms with Crippen LogP contribution in [-0.4, -0.2) is 18.1 Å². The number of allylic oxidation sites excluding steroid dienone is 1. The van der Waals surface area contributed by atoms with E-state index in [-0.39, 0.29) is 5.92 Å². The molecule has 2 atom stereocenters. The third-order valence-electron chi connectivity index (χ3n) is 6.67. The van der Waals surface area contributed by atoms with Gasteiger partial charge in [0.25, 0.3) is 0 Å². The van der Waals surface area contributed by atoms with E-state index in [2.05, 4.69) is 84.4 Å². The van der Waals surface area contributed by atoms with Gasteiger partial charge in [0.05, 0.1) is 12.4 Å². The van der Waals surface area contributed by atoms with Crippen molar-refractivity contribution in [3.8, 4) is 0 Å². The summed E-state index contributed by atoms with van der Waals surface area (Å²) < 4.78 is 13.7. The second-order valence-electron chi connectivity index (χ2n) is 9.81. The molecule has 3 rings (SSSR count). The van der Waals surface area contributed by atoms with Crippen LogP contribution in [-0.2, 0) is 6.42 Å². The fraction of sp³-hybridized carbons (Fsp3) is 0.353. The van der Waals surface area contributed by atoms with Gasteiger partial charge >= 0.3 is 0 Å². The Morgan fingerprint density at radius 2 is 1.59 bits per heavy atom. The normalized spacial score (nSPS) is 13.5. The Hall–Kier alpha value is -3.33. The summed E-state index contributed by atoms with van der Waals surface area (Å²) in [6.07, 6.45) is 11.5. The highest BCUT2D eigenvalue weighted by Gasteiger charge is 2.15. The van der Waals surface area contributed by atoms with Gasteiger partial charge in [-0.15, -0.1) is 11.7 Å². The molecule has 0 aliphatic carbocycles. The maximum atomic E-state index is 13.7. The maximum absolute atomic E-state index is 13.7. The predicted molar refractivity (Wildman–Crippen MR) is 158 cm³/mol. The smallest absolute Gasteiger partial charge is 0.100 e. The second-order valence-corrected chi connectivity index (χ2v) is 9.81. The zero-order chi connectivity index (χ0) is 26.3. The highest BCUT2D eigenvalue weighted by molar-refractivity contribution is 6.13. The van der Waals surface area contributed by atoms with Crippen LogP contribution in [0.4, 0.5) is 4.39 Å². The lowest BCUT2D eigenvalue weighted by Crippen LogP contribution is -2.07. The molecule has 0 bridgehead atoms. The number of aryl methyl sites for hydroxylation is 1. The van der Waals surface area contributed by atoms with Crippen LogP contribution >= 0.6 is 0 Å². The van der Waals surface area contributed by atoms with Gasteiger partial charge in [-0.2, -0.15) is 5.10 Å². The van der Waals surface area contributed by atoms with Gasteiger partial charge in [0.15, 0.2) is 0 Å². The molecule has 0 aliphatic rings. The van der Waals surface area contributed by atoms with Crippen molar-refractivity contribution in [3.63, 3.8) is 0 Å². The maximum Gasteiger partial charge on any atom is 0.100 e. The quantitative estimate of drug-likeness (QED) is 0.0866. The zero-order valence-electron chi connectivity index (χ0n) is 22.5. The minimum absolute atomic E-state index is 0.240. The van der Waals surface area contributed by atoms with Crippen molar-refractivity contribution < 1.29 is 4.39 Å². The number of alkyl halides is 1. The molecule has 37 heavy (non-hydrogen) atoms. The molecule has 0 spiro atoms. The predicted octanol–water partition coefficient (Wildman–Crippen LogP) is 9.48. The van der Waals surface area contributed by atoms with Crippen molar-refractivity contribution in [2.45, 2.75) is 77.3 Å². The first-order valence-corrected chi connectivity index (χ1v) is 13.7. The van der Waals surface area contributed by atoms with Crippen molar-refractivity contribution in [1.29, 1.82) is 0 Å². The highest BCUT2D eigenvalue weighted by atomic mass is 19.1. The first-order chi connectivity index (χ1) is 18.1. The van der Waals surface area contributed by atoms with Gasteiger partial charge in [-0.25, -0.2) is 4.39 Å². The van der Waals surface area contributed by atoms with Crippen LogP contribution in [0.3, 0.4) is 0 Å². The molecular formula is C34H41FN2. The first kappa shape index (κ1) is 28.2. The highest BCUT2D eigenvalue weighted by Crippen LogP contribution is 2.28. The Kier molecular flexibility index (Phi) is 12.0. The Balaban J connectivity index is 1.74. The molecular weight excluding hydrogens is 455 g/mol. The van der Waals surface area contributed by atoms with Crippen LogP contribution in [0.5, 0.6) is 0 Å².